The second kappa shape index (κ2) is 4.80. The van der Waals surface area contributed by atoms with E-state index >= 15 is 0 Å². The maximum Gasteiger partial charge on any atom is 0.236 e. The lowest BCUT2D eigenvalue weighted by atomic mass is 10.2. The Morgan fingerprint density at radius 3 is 2.88 bits per heavy atom. The number of rotatable bonds is 2. The van der Waals surface area contributed by atoms with Gasteiger partial charge in [0.15, 0.2) is 5.75 Å². The standard InChI is InChI=1S/C11H7BrN4O/c12-8-5-15-6-16-11(8)17-10-2-1-7(4-13)3-9(10)14/h1-3,5-6H,14H2. The number of nitriles is 1. The van der Waals surface area contributed by atoms with E-state index in [0.29, 0.717) is 27.4 Å². The predicted molar refractivity (Wildman–Crippen MR) is 65.4 cm³/mol. The molecule has 0 bridgehead atoms. The third-order valence-electron chi connectivity index (χ3n) is 1.98. The smallest absolute Gasteiger partial charge is 0.236 e. The minimum Gasteiger partial charge on any atom is -0.436 e. The molecule has 0 amide bonds. The largest absolute Gasteiger partial charge is 0.436 e. The van der Waals surface area contributed by atoms with E-state index in [4.69, 9.17) is 15.7 Å². The van der Waals surface area contributed by atoms with Crippen LogP contribution in [0.4, 0.5) is 5.69 Å². The maximum atomic E-state index is 8.71. The molecule has 1 heterocycles. The fourth-order valence-corrected chi connectivity index (χ4v) is 1.49. The van der Waals surface area contributed by atoms with Crippen molar-refractivity contribution in [2.75, 3.05) is 5.73 Å². The van der Waals surface area contributed by atoms with Crippen molar-refractivity contribution in [3.63, 3.8) is 0 Å². The average Bonchev–Trinajstić information content (AvgIpc) is 2.34. The highest BCUT2D eigenvalue weighted by molar-refractivity contribution is 9.10. The van der Waals surface area contributed by atoms with Crippen molar-refractivity contribution in [2.45, 2.75) is 0 Å². The van der Waals surface area contributed by atoms with Crippen LogP contribution in [0.15, 0.2) is 35.2 Å². The first-order chi connectivity index (χ1) is 8.20. The molecule has 0 radical (unpaired) electrons. The van der Waals surface area contributed by atoms with E-state index in [1.165, 1.54) is 6.33 Å². The first-order valence-corrected chi connectivity index (χ1v) is 5.43. The van der Waals surface area contributed by atoms with E-state index in [9.17, 15) is 0 Å². The van der Waals surface area contributed by atoms with E-state index in [2.05, 4.69) is 25.9 Å². The molecule has 0 saturated heterocycles. The molecule has 1 aromatic carbocycles. The van der Waals surface area contributed by atoms with E-state index in [-0.39, 0.29) is 0 Å². The number of nitrogens with two attached hydrogens (primary N) is 1. The number of hydrogen-bond donors (Lipinski definition) is 1. The lowest BCUT2D eigenvalue weighted by molar-refractivity contribution is 0.460. The van der Waals surface area contributed by atoms with Gasteiger partial charge in [0, 0.05) is 6.20 Å². The minimum atomic E-state index is 0.372. The third kappa shape index (κ3) is 2.52. The first kappa shape index (κ1) is 11.4. The molecule has 0 fully saturated rings. The Bertz CT molecular complexity index is 594. The Morgan fingerprint density at radius 1 is 1.41 bits per heavy atom. The summed E-state index contributed by atoms with van der Waals surface area (Å²) >= 11 is 3.26. The molecule has 2 N–H and O–H groups in total. The number of halogens is 1. The third-order valence-corrected chi connectivity index (χ3v) is 2.52. The van der Waals surface area contributed by atoms with Crippen LogP contribution in [0.1, 0.15) is 5.56 Å². The molecule has 17 heavy (non-hydrogen) atoms. The molecule has 0 aliphatic heterocycles. The summed E-state index contributed by atoms with van der Waals surface area (Å²) in [6.07, 6.45) is 2.95. The summed E-state index contributed by atoms with van der Waals surface area (Å²) in [5.41, 5.74) is 6.63. The number of nitrogens with zero attached hydrogens (tertiary/aromatic N) is 3. The summed E-state index contributed by atoms with van der Waals surface area (Å²) in [6, 6.07) is 6.80. The normalized spacial score (nSPS) is 9.65. The highest BCUT2D eigenvalue weighted by atomic mass is 79.9. The molecule has 0 aliphatic rings. The van der Waals surface area contributed by atoms with Gasteiger partial charge in [-0.15, -0.1) is 0 Å². The Hall–Kier alpha value is -2.13. The van der Waals surface area contributed by atoms with Gasteiger partial charge in [-0.25, -0.2) is 9.97 Å². The van der Waals surface area contributed by atoms with E-state index in [1.807, 2.05) is 6.07 Å². The molecule has 84 valence electrons. The lowest BCUT2D eigenvalue weighted by Crippen LogP contribution is -1.95. The van der Waals surface area contributed by atoms with Gasteiger partial charge in [0.25, 0.3) is 0 Å². The van der Waals surface area contributed by atoms with Crippen LogP contribution in [0.5, 0.6) is 11.6 Å². The molecule has 0 atom stereocenters. The fraction of sp³-hybridized carbons (Fsp3) is 0. The van der Waals surface area contributed by atoms with Crippen molar-refractivity contribution in [1.82, 2.24) is 9.97 Å². The number of hydrogen-bond acceptors (Lipinski definition) is 5. The van der Waals surface area contributed by atoms with Gasteiger partial charge in [-0.05, 0) is 34.1 Å². The number of benzene rings is 1. The van der Waals surface area contributed by atoms with Crippen molar-refractivity contribution in [3.8, 4) is 17.7 Å². The Labute approximate surface area is 106 Å². The molecular weight excluding hydrogens is 284 g/mol. The van der Waals surface area contributed by atoms with Crippen LogP contribution in [0.2, 0.25) is 0 Å². The van der Waals surface area contributed by atoms with Gasteiger partial charge in [0.2, 0.25) is 5.88 Å². The molecular formula is C11H7BrN4O. The van der Waals surface area contributed by atoms with Crippen molar-refractivity contribution in [1.29, 1.82) is 5.26 Å². The zero-order valence-corrected chi connectivity index (χ0v) is 10.2. The number of nitrogen functional groups attached to an aromatic ring is 1. The molecule has 2 rings (SSSR count). The van der Waals surface area contributed by atoms with Gasteiger partial charge >= 0.3 is 0 Å². The highest BCUT2D eigenvalue weighted by Gasteiger charge is 2.07. The van der Waals surface area contributed by atoms with Crippen LogP contribution in [0.3, 0.4) is 0 Å². The fourth-order valence-electron chi connectivity index (χ4n) is 1.19. The highest BCUT2D eigenvalue weighted by Crippen LogP contribution is 2.30. The minimum absolute atomic E-state index is 0.372. The Balaban J connectivity index is 2.32. The summed E-state index contributed by atoms with van der Waals surface area (Å²) < 4.78 is 6.14. The van der Waals surface area contributed by atoms with E-state index in [1.54, 1.807) is 24.4 Å². The lowest BCUT2D eigenvalue weighted by Gasteiger charge is -2.08. The maximum absolute atomic E-state index is 8.71. The summed E-state index contributed by atoms with van der Waals surface area (Å²) in [5.74, 6) is 0.819. The predicted octanol–water partition coefficient (Wildman–Crippen LogP) is 2.49. The van der Waals surface area contributed by atoms with Gasteiger partial charge in [0.05, 0.1) is 21.8 Å². The quantitative estimate of drug-likeness (QED) is 0.859. The van der Waals surface area contributed by atoms with Gasteiger partial charge in [-0.2, -0.15) is 5.26 Å². The SMILES string of the molecule is N#Cc1ccc(Oc2ncncc2Br)c(N)c1. The second-order valence-electron chi connectivity index (χ2n) is 3.14. The molecule has 2 aromatic rings. The molecule has 0 spiro atoms. The average molecular weight is 291 g/mol. The summed E-state index contributed by atoms with van der Waals surface area (Å²) in [6.45, 7) is 0. The summed E-state index contributed by atoms with van der Waals surface area (Å²) in [4.78, 5) is 7.78. The van der Waals surface area contributed by atoms with Crippen molar-refractivity contribution in [3.05, 3.63) is 40.8 Å². The van der Waals surface area contributed by atoms with Crippen molar-refractivity contribution < 1.29 is 4.74 Å². The molecule has 0 unspecified atom stereocenters. The van der Waals surface area contributed by atoms with E-state index in [0.717, 1.165) is 0 Å². The topological polar surface area (TPSA) is 84.8 Å². The van der Waals surface area contributed by atoms with Gasteiger partial charge in [-0.3, -0.25) is 0 Å². The number of ether oxygens (including phenoxy) is 1. The van der Waals surface area contributed by atoms with Gasteiger partial charge < -0.3 is 10.5 Å². The zero-order chi connectivity index (χ0) is 12.3. The molecule has 5 nitrogen and oxygen atoms in total. The van der Waals surface area contributed by atoms with Crippen LogP contribution >= 0.6 is 15.9 Å². The molecule has 1 aromatic heterocycles. The summed E-state index contributed by atoms with van der Waals surface area (Å²) in [7, 11) is 0. The molecule has 6 heteroatoms. The number of anilines is 1. The monoisotopic (exact) mass is 290 g/mol. The van der Waals surface area contributed by atoms with Crippen LogP contribution in [-0.4, -0.2) is 9.97 Å². The summed E-state index contributed by atoms with van der Waals surface area (Å²) in [5, 5.41) is 8.71. The van der Waals surface area contributed by atoms with E-state index < -0.39 is 0 Å². The number of aromatic nitrogens is 2. The van der Waals surface area contributed by atoms with Gasteiger partial charge in [0.1, 0.15) is 6.33 Å². The Kier molecular flexibility index (Phi) is 3.21. The Morgan fingerprint density at radius 2 is 2.24 bits per heavy atom. The van der Waals surface area contributed by atoms with Crippen LogP contribution in [0, 0.1) is 11.3 Å². The second-order valence-corrected chi connectivity index (χ2v) is 4.00. The van der Waals surface area contributed by atoms with Crippen molar-refractivity contribution >= 4 is 21.6 Å². The van der Waals surface area contributed by atoms with Crippen LogP contribution in [-0.2, 0) is 0 Å². The van der Waals surface area contributed by atoms with Crippen LogP contribution < -0.4 is 10.5 Å². The first-order valence-electron chi connectivity index (χ1n) is 4.63. The molecule has 0 saturated carbocycles. The van der Waals surface area contributed by atoms with Crippen LogP contribution in [0.25, 0.3) is 0 Å². The van der Waals surface area contributed by atoms with Gasteiger partial charge in [-0.1, -0.05) is 0 Å². The molecule has 0 aliphatic carbocycles. The zero-order valence-electron chi connectivity index (χ0n) is 8.59. The van der Waals surface area contributed by atoms with Crippen molar-refractivity contribution in [2.24, 2.45) is 0 Å².